The van der Waals surface area contributed by atoms with Gasteiger partial charge in [0.1, 0.15) is 5.75 Å². The molecule has 2 aliphatic heterocycles. The third-order valence-corrected chi connectivity index (χ3v) is 8.51. The molecule has 4 rings (SSSR count). The maximum absolute atomic E-state index is 13.0. The molecule has 166 valence electrons. The Kier molecular flexibility index (Phi) is 6.74. The van der Waals surface area contributed by atoms with Gasteiger partial charge in [0.25, 0.3) is 0 Å². The van der Waals surface area contributed by atoms with E-state index in [-0.39, 0.29) is 12.5 Å². The Morgan fingerprint density at radius 1 is 1.10 bits per heavy atom. The number of sulfonamides is 1. The first-order valence-electron chi connectivity index (χ1n) is 10.4. The second-order valence-corrected chi connectivity index (χ2v) is 10.7. The lowest BCUT2D eigenvalue weighted by molar-refractivity contribution is -0.119. The lowest BCUT2D eigenvalue weighted by Gasteiger charge is -2.31. The standard InChI is InChI=1S/C22H27N3O4S2/c1-29-18-6-4-17(5-7-18)15-23-22(26)16-24-12-13-30-21-9-8-19(14-20(21)24)31(27,28)25-10-2-3-11-25/h4-9,14H,2-3,10-13,15-16H2,1H3,(H,23,26). The van der Waals surface area contributed by atoms with E-state index in [1.165, 1.54) is 0 Å². The van der Waals surface area contributed by atoms with Crippen LogP contribution in [0.25, 0.3) is 0 Å². The Morgan fingerprint density at radius 2 is 1.84 bits per heavy atom. The van der Waals surface area contributed by atoms with Gasteiger partial charge < -0.3 is 15.0 Å². The summed E-state index contributed by atoms with van der Waals surface area (Å²) in [6, 6.07) is 12.8. The van der Waals surface area contributed by atoms with Crippen LogP contribution >= 0.6 is 11.8 Å². The molecule has 7 nitrogen and oxygen atoms in total. The SMILES string of the molecule is COc1ccc(CNC(=O)CN2CCSc3ccc(S(=O)(=O)N4CCCC4)cc32)cc1. The van der Waals surface area contributed by atoms with Gasteiger partial charge in [-0.25, -0.2) is 8.42 Å². The van der Waals surface area contributed by atoms with E-state index in [1.54, 1.807) is 35.3 Å². The van der Waals surface area contributed by atoms with E-state index in [9.17, 15) is 13.2 Å². The fourth-order valence-corrected chi connectivity index (χ4v) is 6.40. The van der Waals surface area contributed by atoms with Crippen molar-refractivity contribution in [3.05, 3.63) is 48.0 Å². The molecular weight excluding hydrogens is 434 g/mol. The summed E-state index contributed by atoms with van der Waals surface area (Å²) < 4.78 is 32.6. The molecule has 0 saturated carbocycles. The average molecular weight is 462 g/mol. The summed E-state index contributed by atoms with van der Waals surface area (Å²) in [6.45, 7) is 2.47. The van der Waals surface area contributed by atoms with Gasteiger partial charge in [-0.15, -0.1) is 11.8 Å². The number of carbonyl (C=O) groups excluding carboxylic acids is 1. The lowest BCUT2D eigenvalue weighted by Crippen LogP contribution is -2.39. The molecule has 0 aliphatic carbocycles. The zero-order chi connectivity index (χ0) is 21.8. The van der Waals surface area contributed by atoms with Crippen molar-refractivity contribution < 1.29 is 17.9 Å². The van der Waals surface area contributed by atoms with Gasteiger partial charge >= 0.3 is 0 Å². The van der Waals surface area contributed by atoms with Crippen LogP contribution in [0.2, 0.25) is 0 Å². The number of nitrogens with zero attached hydrogens (tertiary/aromatic N) is 2. The van der Waals surface area contributed by atoms with E-state index in [2.05, 4.69) is 5.32 Å². The molecule has 2 aromatic carbocycles. The van der Waals surface area contributed by atoms with E-state index in [0.29, 0.717) is 31.1 Å². The van der Waals surface area contributed by atoms with Gasteiger partial charge in [0.05, 0.1) is 24.2 Å². The maximum Gasteiger partial charge on any atom is 0.243 e. The average Bonchev–Trinajstić information content (AvgIpc) is 3.34. The molecule has 1 saturated heterocycles. The van der Waals surface area contributed by atoms with Crippen LogP contribution in [0.15, 0.2) is 52.3 Å². The second-order valence-electron chi connectivity index (χ2n) is 7.64. The molecule has 0 bridgehead atoms. The minimum absolute atomic E-state index is 0.0959. The van der Waals surface area contributed by atoms with Gasteiger partial charge in [0.15, 0.2) is 0 Å². The number of nitrogens with one attached hydrogen (secondary N) is 1. The Hall–Kier alpha value is -2.23. The minimum Gasteiger partial charge on any atom is -0.497 e. The summed E-state index contributed by atoms with van der Waals surface area (Å²) in [5, 5.41) is 2.95. The topological polar surface area (TPSA) is 79.0 Å². The molecule has 0 radical (unpaired) electrons. The van der Waals surface area contributed by atoms with Crippen LogP contribution < -0.4 is 15.0 Å². The van der Waals surface area contributed by atoms with Crippen molar-refractivity contribution in [2.75, 3.05) is 43.9 Å². The molecule has 2 heterocycles. The van der Waals surface area contributed by atoms with Crippen LogP contribution in [0, 0.1) is 0 Å². The van der Waals surface area contributed by atoms with Crippen molar-refractivity contribution in [3.63, 3.8) is 0 Å². The van der Waals surface area contributed by atoms with Gasteiger partial charge in [-0.05, 0) is 48.7 Å². The van der Waals surface area contributed by atoms with Gasteiger partial charge in [-0.3, -0.25) is 4.79 Å². The molecule has 0 spiro atoms. The number of fused-ring (bicyclic) bond motifs is 1. The minimum atomic E-state index is -3.49. The number of rotatable bonds is 7. The van der Waals surface area contributed by atoms with Crippen molar-refractivity contribution in [3.8, 4) is 5.75 Å². The Morgan fingerprint density at radius 3 is 2.55 bits per heavy atom. The zero-order valence-electron chi connectivity index (χ0n) is 17.5. The highest BCUT2D eigenvalue weighted by molar-refractivity contribution is 7.99. The van der Waals surface area contributed by atoms with Crippen molar-refractivity contribution in [2.45, 2.75) is 29.2 Å². The van der Waals surface area contributed by atoms with Gasteiger partial charge in [-0.2, -0.15) is 4.31 Å². The highest BCUT2D eigenvalue weighted by Gasteiger charge is 2.29. The molecule has 31 heavy (non-hydrogen) atoms. The summed E-state index contributed by atoms with van der Waals surface area (Å²) in [5.41, 5.74) is 1.80. The number of methoxy groups -OCH3 is 1. The predicted octanol–water partition coefficient (Wildman–Crippen LogP) is 2.71. The molecule has 0 atom stereocenters. The number of carbonyl (C=O) groups is 1. The Balaban J connectivity index is 1.44. The third-order valence-electron chi connectivity index (χ3n) is 5.58. The second kappa shape index (κ2) is 9.50. The first kappa shape index (κ1) is 22.0. The largest absolute Gasteiger partial charge is 0.497 e. The molecule has 1 amide bonds. The first-order chi connectivity index (χ1) is 15.0. The number of benzene rings is 2. The highest BCUT2D eigenvalue weighted by atomic mass is 32.2. The van der Waals surface area contributed by atoms with E-state index < -0.39 is 10.0 Å². The summed E-state index contributed by atoms with van der Waals surface area (Å²) in [7, 11) is -1.87. The molecule has 0 unspecified atom stereocenters. The van der Waals surface area contributed by atoms with E-state index in [0.717, 1.165) is 40.5 Å². The quantitative estimate of drug-likeness (QED) is 0.683. The van der Waals surface area contributed by atoms with Gasteiger partial charge in [0.2, 0.25) is 15.9 Å². The van der Waals surface area contributed by atoms with Crippen molar-refractivity contribution >= 4 is 33.4 Å². The number of thioether (sulfide) groups is 1. The van der Waals surface area contributed by atoms with Crippen LogP contribution in [-0.4, -0.2) is 57.7 Å². The zero-order valence-corrected chi connectivity index (χ0v) is 19.2. The normalized spacial score (nSPS) is 16.7. The number of ether oxygens (including phenoxy) is 1. The number of hydrogen-bond acceptors (Lipinski definition) is 6. The molecule has 1 N–H and O–H groups in total. The molecule has 1 fully saturated rings. The van der Waals surface area contributed by atoms with Gasteiger partial charge in [-0.1, -0.05) is 12.1 Å². The first-order valence-corrected chi connectivity index (χ1v) is 12.8. The molecule has 2 aliphatic rings. The van der Waals surface area contributed by atoms with E-state index in [4.69, 9.17) is 4.74 Å². The van der Waals surface area contributed by atoms with Crippen LogP contribution in [0.3, 0.4) is 0 Å². The molecule has 2 aromatic rings. The smallest absolute Gasteiger partial charge is 0.243 e. The monoisotopic (exact) mass is 461 g/mol. The molecule has 0 aromatic heterocycles. The van der Waals surface area contributed by atoms with Crippen molar-refractivity contribution in [2.24, 2.45) is 0 Å². The molecule has 9 heteroatoms. The number of hydrogen-bond donors (Lipinski definition) is 1. The Bertz CT molecular complexity index is 1040. The number of anilines is 1. The van der Waals surface area contributed by atoms with Crippen LogP contribution in [-0.2, 0) is 21.4 Å². The van der Waals surface area contributed by atoms with Crippen molar-refractivity contribution in [1.82, 2.24) is 9.62 Å². The lowest BCUT2D eigenvalue weighted by atomic mass is 10.2. The predicted molar refractivity (Wildman–Crippen MR) is 122 cm³/mol. The van der Waals surface area contributed by atoms with E-state index >= 15 is 0 Å². The third kappa shape index (κ3) is 4.99. The van der Waals surface area contributed by atoms with E-state index in [1.807, 2.05) is 35.2 Å². The molecular formula is C22H27N3O4S2. The summed E-state index contributed by atoms with van der Waals surface area (Å²) in [4.78, 5) is 15.9. The van der Waals surface area contributed by atoms with Gasteiger partial charge in [0, 0.05) is 36.8 Å². The summed E-state index contributed by atoms with van der Waals surface area (Å²) in [6.07, 6.45) is 1.81. The fraction of sp³-hybridized carbons (Fsp3) is 0.409. The highest BCUT2D eigenvalue weighted by Crippen LogP contribution is 2.37. The Labute approximate surface area is 187 Å². The summed E-state index contributed by atoms with van der Waals surface area (Å²) >= 11 is 1.69. The van der Waals surface area contributed by atoms with Crippen LogP contribution in [0.1, 0.15) is 18.4 Å². The van der Waals surface area contributed by atoms with Crippen molar-refractivity contribution in [1.29, 1.82) is 0 Å². The van der Waals surface area contributed by atoms with Crippen LogP contribution in [0.4, 0.5) is 5.69 Å². The number of amides is 1. The van der Waals surface area contributed by atoms with Crippen LogP contribution in [0.5, 0.6) is 5.75 Å². The maximum atomic E-state index is 13.0. The summed E-state index contributed by atoms with van der Waals surface area (Å²) in [5.74, 6) is 1.54. The fourth-order valence-electron chi connectivity index (χ4n) is 3.83.